The first kappa shape index (κ1) is 14.8. The molecule has 1 aromatic heterocycles. The van der Waals surface area contributed by atoms with Crippen LogP contribution in [-0.2, 0) is 24.7 Å². The van der Waals surface area contributed by atoms with Crippen LogP contribution >= 0.6 is 15.9 Å². The van der Waals surface area contributed by atoms with Crippen molar-refractivity contribution in [3.63, 3.8) is 0 Å². The monoisotopic (exact) mass is 336 g/mol. The minimum absolute atomic E-state index is 0.0871. The number of hydrogen-bond donors (Lipinski definition) is 1. The molecule has 0 spiro atoms. The first-order chi connectivity index (χ1) is 9.52. The van der Waals surface area contributed by atoms with Crippen LogP contribution in [0.25, 0.3) is 11.4 Å². The van der Waals surface area contributed by atoms with Crippen LogP contribution in [0.3, 0.4) is 0 Å². The van der Waals surface area contributed by atoms with Crippen molar-refractivity contribution in [1.29, 1.82) is 0 Å². The second-order valence-corrected chi connectivity index (χ2v) is 5.43. The van der Waals surface area contributed by atoms with Crippen LogP contribution in [0.2, 0.25) is 0 Å². The van der Waals surface area contributed by atoms with E-state index in [0.29, 0.717) is 6.42 Å². The molecule has 0 fully saturated rings. The smallest absolute Gasteiger partial charge is 0.303 e. The molecule has 2 rings (SSSR count). The third-order valence-corrected chi connectivity index (χ3v) is 4.28. The molecule has 1 N–H and O–H groups in total. The van der Waals surface area contributed by atoms with Crippen molar-refractivity contribution < 1.29 is 9.90 Å². The number of imidazole rings is 1. The van der Waals surface area contributed by atoms with Crippen LogP contribution in [0, 0.1) is 0 Å². The normalized spacial score (nSPS) is 10.8. The number of hydrogen-bond acceptors (Lipinski definition) is 2. The van der Waals surface area contributed by atoms with Crippen molar-refractivity contribution >= 4 is 21.9 Å². The lowest BCUT2D eigenvalue weighted by molar-refractivity contribution is -0.136. The van der Waals surface area contributed by atoms with Gasteiger partial charge in [0.05, 0.1) is 12.1 Å². The molecule has 0 saturated heterocycles. The summed E-state index contributed by atoms with van der Waals surface area (Å²) < 4.78 is 2.78. The zero-order valence-electron chi connectivity index (χ0n) is 11.6. The van der Waals surface area contributed by atoms with Gasteiger partial charge in [-0.05, 0) is 27.9 Å². The molecule has 5 heteroatoms. The molecule has 2 aromatic rings. The van der Waals surface area contributed by atoms with Gasteiger partial charge in [-0.25, -0.2) is 4.98 Å². The van der Waals surface area contributed by atoms with Gasteiger partial charge in [-0.15, -0.1) is 0 Å². The van der Waals surface area contributed by atoms with Crippen LogP contribution in [0.5, 0.6) is 0 Å². The Morgan fingerprint density at radius 1 is 1.35 bits per heavy atom. The van der Waals surface area contributed by atoms with E-state index in [0.717, 1.165) is 28.1 Å². The summed E-state index contributed by atoms with van der Waals surface area (Å²) in [7, 11) is 1.92. The molecule has 4 nitrogen and oxygen atoms in total. The van der Waals surface area contributed by atoms with E-state index in [1.165, 1.54) is 5.56 Å². The predicted molar refractivity (Wildman–Crippen MR) is 81.7 cm³/mol. The summed E-state index contributed by atoms with van der Waals surface area (Å²) in [6, 6.07) is 8.28. The Hall–Kier alpha value is -1.62. The summed E-state index contributed by atoms with van der Waals surface area (Å²) in [5.74, 6) is 0.0383. The largest absolute Gasteiger partial charge is 0.481 e. The maximum atomic E-state index is 10.7. The van der Waals surface area contributed by atoms with E-state index in [4.69, 9.17) is 5.11 Å². The third kappa shape index (κ3) is 3.10. The van der Waals surface area contributed by atoms with Gasteiger partial charge in [0.25, 0.3) is 0 Å². The zero-order valence-corrected chi connectivity index (χ0v) is 13.1. The molecule has 0 bridgehead atoms. The van der Waals surface area contributed by atoms with Gasteiger partial charge in [0, 0.05) is 19.0 Å². The average molecular weight is 337 g/mol. The highest BCUT2D eigenvalue weighted by atomic mass is 79.9. The standard InChI is InChI=1S/C15H17BrN2O2/c1-3-10-4-6-11(7-5-10)15-17-12(8-9-13(19)20)14(16)18(15)2/h4-7H,3,8-9H2,1-2H3,(H,19,20). The molecule has 1 heterocycles. The maximum Gasteiger partial charge on any atom is 0.303 e. The molecule has 0 atom stereocenters. The van der Waals surface area contributed by atoms with E-state index in [2.05, 4.69) is 52.1 Å². The zero-order chi connectivity index (χ0) is 14.7. The molecule has 0 aliphatic carbocycles. The van der Waals surface area contributed by atoms with Gasteiger partial charge in [0.15, 0.2) is 0 Å². The molecule has 1 aromatic carbocycles. The van der Waals surface area contributed by atoms with E-state index in [1.807, 2.05) is 11.6 Å². The number of aliphatic carboxylic acids is 1. The van der Waals surface area contributed by atoms with Crippen molar-refractivity contribution in [3.05, 3.63) is 40.1 Å². The summed E-state index contributed by atoms with van der Waals surface area (Å²) >= 11 is 3.48. The Morgan fingerprint density at radius 2 is 2.00 bits per heavy atom. The highest BCUT2D eigenvalue weighted by molar-refractivity contribution is 9.10. The van der Waals surface area contributed by atoms with E-state index in [-0.39, 0.29) is 6.42 Å². The molecule has 0 unspecified atom stereocenters. The van der Waals surface area contributed by atoms with Gasteiger partial charge in [0.1, 0.15) is 10.4 Å². The van der Waals surface area contributed by atoms with E-state index in [1.54, 1.807) is 0 Å². The number of benzene rings is 1. The molecule has 0 saturated carbocycles. The van der Waals surface area contributed by atoms with Crippen molar-refractivity contribution in [2.45, 2.75) is 26.2 Å². The quantitative estimate of drug-likeness (QED) is 0.909. The Kier molecular flexibility index (Phi) is 4.60. The summed E-state index contributed by atoms with van der Waals surface area (Å²) in [4.78, 5) is 15.2. The average Bonchev–Trinajstić information content (AvgIpc) is 2.73. The molecule has 20 heavy (non-hydrogen) atoms. The molecular weight excluding hydrogens is 320 g/mol. The number of halogens is 1. The Morgan fingerprint density at radius 3 is 2.55 bits per heavy atom. The van der Waals surface area contributed by atoms with Gasteiger partial charge in [0.2, 0.25) is 0 Å². The lowest BCUT2D eigenvalue weighted by Crippen LogP contribution is -1.98. The lowest BCUT2D eigenvalue weighted by atomic mass is 10.1. The van der Waals surface area contributed by atoms with E-state index >= 15 is 0 Å². The third-order valence-electron chi connectivity index (χ3n) is 3.29. The number of rotatable bonds is 5. The first-order valence-corrected chi connectivity index (χ1v) is 7.34. The second kappa shape index (κ2) is 6.22. The van der Waals surface area contributed by atoms with Gasteiger partial charge < -0.3 is 9.67 Å². The van der Waals surface area contributed by atoms with Gasteiger partial charge in [-0.3, -0.25) is 4.79 Å². The molecule has 0 radical (unpaired) electrons. The fourth-order valence-corrected chi connectivity index (χ4v) is 2.52. The van der Waals surface area contributed by atoms with Crippen molar-refractivity contribution in [2.24, 2.45) is 7.05 Å². The predicted octanol–water partition coefficient (Wildman–Crippen LogP) is 3.43. The summed E-state index contributed by atoms with van der Waals surface area (Å²) in [5.41, 5.74) is 3.10. The van der Waals surface area contributed by atoms with Gasteiger partial charge >= 0.3 is 5.97 Å². The van der Waals surface area contributed by atoms with E-state index in [9.17, 15) is 4.79 Å². The van der Waals surface area contributed by atoms with Crippen molar-refractivity contribution in [1.82, 2.24) is 9.55 Å². The lowest BCUT2D eigenvalue weighted by Gasteiger charge is -2.03. The topological polar surface area (TPSA) is 55.1 Å². The second-order valence-electron chi connectivity index (χ2n) is 4.68. The Bertz CT molecular complexity index is 618. The minimum atomic E-state index is -0.809. The van der Waals surface area contributed by atoms with Crippen molar-refractivity contribution in [2.75, 3.05) is 0 Å². The molecular formula is C15H17BrN2O2. The van der Waals surface area contributed by atoms with E-state index < -0.39 is 5.97 Å². The number of aryl methyl sites for hydroxylation is 2. The van der Waals surface area contributed by atoms with Crippen LogP contribution in [0.1, 0.15) is 24.6 Å². The van der Waals surface area contributed by atoms with Crippen LogP contribution < -0.4 is 0 Å². The van der Waals surface area contributed by atoms with Crippen LogP contribution in [0.4, 0.5) is 0 Å². The minimum Gasteiger partial charge on any atom is -0.481 e. The van der Waals surface area contributed by atoms with Gasteiger partial charge in [-0.2, -0.15) is 0 Å². The van der Waals surface area contributed by atoms with Gasteiger partial charge in [-0.1, -0.05) is 31.2 Å². The highest BCUT2D eigenvalue weighted by Gasteiger charge is 2.14. The molecule has 0 aliphatic rings. The number of aromatic nitrogens is 2. The summed E-state index contributed by atoms with van der Waals surface area (Å²) in [6.45, 7) is 2.12. The molecule has 106 valence electrons. The fraction of sp³-hybridized carbons (Fsp3) is 0.333. The van der Waals surface area contributed by atoms with Crippen molar-refractivity contribution in [3.8, 4) is 11.4 Å². The first-order valence-electron chi connectivity index (χ1n) is 6.55. The molecule has 0 aliphatic heterocycles. The van der Waals surface area contributed by atoms with Crippen LogP contribution in [-0.4, -0.2) is 20.6 Å². The summed E-state index contributed by atoms with van der Waals surface area (Å²) in [5, 5.41) is 8.77. The number of carboxylic acids is 1. The Balaban J connectivity index is 2.31. The Labute approximate surface area is 126 Å². The maximum absolute atomic E-state index is 10.7. The SMILES string of the molecule is CCc1ccc(-c2nc(CCC(=O)O)c(Br)n2C)cc1. The van der Waals surface area contributed by atoms with Crippen LogP contribution in [0.15, 0.2) is 28.9 Å². The number of carboxylic acid groups (broad SMARTS) is 1. The molecule has 0 amide bonds. The fourth-order valence-electron chi connectivity index (χ4n) is 2.07. The number of nitrogens with zero attached hydrogens (tertiary/aromatic N) is 2. The number of carbonyl (C=O) groups is 1. The summed E-state index contributed by atoms with van der Waals surface area (Å²) in [6.07, 6.45) is 1.52. The highest BCUT2D eigenvalue weighted by Crippen LogP contribution is 2.26.